The Kier molecular flexibility index (Phi) is 3.31. The fourth-order valence-electron chi connectivity index (χ4n) is 1.88. The molecular formula is C12H16N4. The maximum atomic E-state index is 4.36. The van der Waals surface area contributed by atoms with E-state index in [0.717, 1.165) is 36.6 Å². The van der Waals surface area contributed by atoms with E-state index in [9.17, 15) is 0 Å². The Morgan fingerprint density at radius 2 is 2.38 bits per heavy atom. The highest BCUT2D eigenvalue weighted by Crippen LogP contribution is 2.25. The molecule has 4 heteroatoms. The second-order valence-corrected chi connectivity index (χ2v) is 3.62. The molecule has 2 N–H and O–H groups in total. The van der Waals surface area contributed by atoms with Crippen LogP contribution in [0.1, 0.15) is 17.7 Å². The van der Waals surface area contributed by atoms with Crippen LogP contribution in [0.3, 0.4) is 0 Å². The zero-order valence-corrected chi connectivity index (χ0v) is 9.45. The van der Waals surface area contributed by atoms with Crippen LogP contribution in [0.5, 0.6) is 0 Å². The summed E-state index contributed by atoms with van der Waals surface area (Å²) in [6.45, 7) is 5.74. The molecule has 84 valence electrons. The van der Waals surface area contributed by atoms with Gasteiger partial charge >= 0.3 is 0 Å². The van der Waals surface area contributed by atoms with Crippen molar-refractivity contribution in [2.75, 3.05) is 25.5 Å². The molecule has 0 fully saturated rings. The third-order valence-electron chi connectivity index (χ3n) is 2.69. The van der Waals surface area contributed by atoms with Gasteiger partial charge in [-0.3, -0.25) is 0 Å². The summed E-state index contributed by atoms with van der Waals surface area (Å²) in [5, 5.41) is 6.35. The third kappa shape index (κ3) is 1.97. The molecule has 0 saturated heterocycles. The average molecular weight is 216 g/mol. The number of anilines is 1. The highest BCUT2D eigenvalue weighted by molar-refractivity contribution is 5.77. The lowest BCUT2D eigenvalue weighted by Crippen LogP contribution is -2.20. The third-order valence-corrected chi connectivity index (χ3v) is 2.69. The van der Waals surface area contributed by atoms with Gasteiger partial charge in [0.05, 0.1) is 5.69 Å². The molecule has 1 aliphatic rings. The van der Waals surface area contributed by atoms with Crippen LogP contribution >= 0.6 is 0 Å². The fraction of sp³-hybridized carbons (Fsp3) is 0.333. The van der Waals surface area contributed by atoms with E-state index in [1.807, 2.05) is 13.1 Å². The number of hydrogen-bond donors (Lipinski definition) is 2. The number of rotatable bonds is 3. The molecule has 1 aromatic rings. The van der Waals surface area contributed by atoms with Crippen molar-refractivity contribution in [3.63, 3.8) is 0 Å². The Balaban J connectivity index is 2.46. The molecular weight excluding hydrogens is 200 g/mol. The maximum Gasteiger partial charge on any atom is 0.137 e. The summed E-state index contributed by atoms with van der Waals surface area (Å²) < 4.78 is 0. The second kappa shape index (κ2) is 4.90. The van der Waals surface area contributed by atoms with Crippen LogP contribution in [0.4, 0.5) is 5.82 Å². The summed E-state index contributed by atoms with van der Waals surface area (Å²) in [4.78, 5) is 8.55. The summed E-state index contributed by atoms with van der Waals surface area (Å²) in [5.41, 5.74) is 3.25. The molecule has 0 atom stereocenters. The zero-order valence-electron chi connectivity index (χ0n) is 9.45. The van der Waals surface area contributed by atoms with Crippen molar-refractivity contribution in [1.82, 2.24) is 15.3 Å². The molecule has 0 aliphatic carbocycles. The molecule has 16 heavy (non-hydrogen) atoms. The predicted molar refractivity (Wildman–Crippen MR) is 67.1 cm³/mol. The normalized spacial score (nSPS) is 15.4. The average Bonchev–Trinajstić information content (AvgIpc) is 2.38. The fourth-order valence-corrected chi connectivity index (χ4v) is 1.88. The van der Waals surface area contributed by atoms with Crippen molar-refractivity contribution in [3.8, 4) is 0 Å². The van der Waals surface area contributed by atoms with Crippen molar-refractivity contribution in [2.45, 2.75) is 6.42 Å². The van der Waals surface area contributed by atoms with Crippen LogP contribution < -0.4 is 10.6 Å². The molecule has 1 aliphatic heterocycles. The Morgan fingerprint density at radius 1 is 1.50 bits per heavy atom. The molecule has 0 aromatic carbocycles. The molecule has 2 rings (SSSR count). The molecule has 0 unspecified atom stereocenters. The van der Waals surface area contributed by atoms with E-state index in [2.05, 4.69) is 33.3 Å². The number of aromatic nitrogens is 2. The van der Waals surface area contributed by atoms with Gasteiger partial charge < -0.3 is 10.6 Å². The van der Waals surface area contributed by atoms with Crippen LogP contribution in [0.2, 0.25) is 0 Å². The van der Waals surface area contributed by atoms with Crippen LogP contribution in [-0.2, 0) is 0 Å². The van der Waals surface area contributed by atoms with E-state index < -0.39 is 0 Å². The van der Waals surface area contributed by atoms with Gasteiger partial charge in [0.1, 0.15) is 12.1 Å². The summed E-state index contributed by atoms with van der Waals surface area (Å²) in [7, 11) is 1.86. The molecule has 2 heterocycles. The molecule has 0 bridgehead atoms. The lowest BCUT2D eigenvalue weighted by atomic mass is 10.0. The number of nitrogens with one attached hydrogen (secondary N) is 2. The van der Waals surface area contributed by atoms with Gasteiger partial charge in [0.25, 0.3) is 0 Å². The van der Waals surface area contributed by atoms with E-state index in [1.54, 1.807) is 6.33 Å². The number of hydrogen-bond acceptors (Lipinski definition) is 4. The van der Waals surface area contributed by atoms with Crippen molar-refractivity contribution in [1.29, 1.82) is 0 Å². The minimum atomic E-state index is 0.833. The van der Waals surface area contributed by atoms with E-state index in [-0.39, 0.29) is 0 Å². The van der Waals surface area contributed by atoms with Crippen LogP contribution in [0.25, 0.3) is 11.6 Å². The van der Waals surface area contributed by atoms with Gasteiger partial charge in [0.15, 0.2) is 0 Å². The van der Waals surface area contributed by atoms with E-state index in [1.165, 1.54) is 5.57 Å². The molecule has 0 radical (unpaired) electrons. The van der Waals surface area contributed by atoms with Gasteiger partial charge in [-0.2, -0.15) is 0 Å². The monoisotopic (exact) mass is 216 g/mol. The SMILES string of the molecule is C=Cc1c(NC)ncnc1C1=CCNCC1. The summed E-state index contributed by atoms with van der Waals surface area (Å²) in [6.07, 6.45) is 6.58. The topological polar surface area (TPSA) is 49.8 Å². The predicted octanol–water partition coefficient (Wildman–Crippen LogP) is 1.54. The molecule has 1 aromatic heterocycles. The van der Waals surface area contributed by atoms with Gasteiger partial charge in [-0.05, 0) is 18.5 Å². The maximum absolute atomic E-state index is 4.36. The first-order valence-electron chi connectivity index (χ1n) is 5.42. The quantitative estimate of drug-likeness (QED) is 0.804. The molecule has 0 saturated carbocycles. The molecule has 0 spiro atoms. The Hall–Kier alpha value is -1.68. The first-order chi connectivity index (χ1) is 7.86. The van der Waals surface area contributed by atoms with Gasteiger partial charge in [0.2, 0.25) is 0 Å². The van der Waals surface area contributed by atoms with E-state index in [0.29, 0.717) is 0 Å². The van der Waals surface area contributed by atoms with Gasteiger partial charge in [-0.25, -0.2) is 9.97 Å². The van der Waals surface area contributed by atoms with Crippen LogP contribution in [-0.4, -0.2) is 30.1 Å². The molecule has 4 nitrogen and oxygen atoms in total. The minimum Gasteiger partial charge on any atom is -0.373 e. The van der Waals surface area contributed by atoms with Crippen molar-refractivity contribution in [3.05, 3.63) is 30.2 Å². The Bertz CT molecular complexity index is 423. The summed E-state index contributed by atoms with van der Waals surface area (Å²) >= 11 is 0. The van der Waals surface area contributed by atoms with Crippen molar-refractivity contribution >= 4 is 17.5 Å². The molecule has 0 amide bonds. The highest BCUT2D eigenvalue weighted by Gasteiger charge is 2.13. The first kappa shape index (κ1) is 10.8. The van der Waals surface area contributed by atoms with E-state index >= 15 is 0 Å². The smallest absolute Gasteiger partial charge is 0.137 e. The van der Waals surface area contributed by atoms with Gasteiger partial charge in [-0.15, -0.1) is 0 Å². The van der Waals surface area contributed by atoms with Crippen molar-refractivity contribution < 1.29 is 0 Å². The summed E-state index contributed by atoms with van der Waals surface area (Å²) in [5.74, 6) is 0.833. The second-order valence-electron chi connectivity index (χ2n) is 3.62. The van der Waals surface area contributed by atoms with Crippen LogP contribution in [0.15, 0.2) is 19.0 Å². The Morgan fingerprint density at radius 3 is 3.00 bits per heavy atom. The van der Waals surface area contributed by atoms with Crippen molar-refractivity contribution in [2.24, 2.45) is 0 Å². The van der Waals surface area contributed by atoms with Crippen LogP contribution in [0, 0.1) is 0 Å². The van der Waals surface area contributed by atoms with Gasteiger partial charge in [-0.1, -0.05) is 18.7 Å². The standard InChI is InChI=1S/C12H16N4/c1-3-10-11(9-4-6-14-7-5-9)15-8-16-12(10)13-2/h3-4,8,14H,1,5-7H2,2H3,(H,13,15,16). The number of nitrogens with zero attached hydrogens (tertiary/aromatic N) is 2. The lowest BCUT2D eigenvalue weighted by Gasteiger charge is -2.16. The minimum absolute atomic E-state index is 0.833. The largest absolute Gasteiger partial charge is 0.373 e. The Labute approximate surface area is 95.5 Å². The van der Waals surface area contributed by atoms with E-state index in [4.69, 9.17) is 0 Å². The summed E-state index contributed by atoms with van der Waals surface area (Å²) in [6, 6.07) is 0. The lowest BCUT2D eigenvalue weighted by molar-refractivity contribution is 0.736. The van der Waals surface area contributed by atoms with Gasteiger partial charge in [0, 0.05) is 19.2 Å². The zero-order chi connectivity index (χ0) is 11.4. The first-order valence-corrected chi connectivity index (χ1v) is 5.42. The highest BCUT2D eigenvalue weighted by atomic mass is 15.0.